The van der Waals surface area contributed by atoms with E-state index in [0.717, 1.165) is 20.3 Å². The van der Waals surface area contributed by atoms with Gasteiger partial charge in [-0.15, -0.1) is 0 Å². The maximum absolute atomic E-state index is 12.4. The molecular formula is C24H17Cl2IN2O2. The fourth-order valence-corrected chi connectivity index (χ4v) is 3.68. The molecule has 0 aliphatic rings. The lowest BCUT2D eigenvalue weighted by atomic mass is 10.1. The highest BCUT2D eigenvalue weighted by molar-refractivity contribution is 14.1. The Kier molecular flexibility index (Phi) is 7.97. The van der Waals surface area contributed by atoms with Crippen LogP contribution in [0.5, 0.6) is 5.75 Å². The largest absolute Gasteiger partial charge is 0.488 e. The van der Waals surface area contributed by atoms with Crippen molar-refractivity contribution in [1.29, 1.82) is 5.26 Å². The van der Waals surface area contributed by atoms with Gasteiger partial charge in [-0.3, -0.25) is 4.79 Å². The van der Waals surface area contributed by atoms with Crippen LogP contribution < -0.4 is 10.1 Å². The van der Waals surface area contributed by atoms with Crippen LogP contribution in [0.1, 0.15) is 16.7 Å². The predicted molar refractivity (Wildman–Crippen MR) is 133 cm³/mol. The predicted octanol–water partition coefficient (Wildman–Crippen LogP) is 7.03. The molecule has 0 aromatic heterocycles. The zero-order valence-electron chi connectivity index (χ0n) is 16.5. The normalized spacial score (nSPS) is 11.0. The van der Waals surface area contributed by atoms with Gasteiger partial charge in [-0.25, -0.2) is 0 Å². The van der Waals surface area contributed by atoms with E-state index in [1.807, 2.05) is 37.3 Å². The summed E-state index contributed by atoms with van der Waals surface area (Å²) in [5, 5.41) is 13.1. The molecule has 0 saturated carbocycles. The molecule has 0 bridgehead atoms. The number of rotatable bonds is 6. The number of nitriles is 1. The van der Waals surface area contributed by atoms with Gasteiger partial charge < -0.3 is 10.1 Å². The third kappa shape index (κ3) is 6.47. The molecule has 1 amide bonds. The summed E-state index contributed by atoms with van der Waals surface area (Å²) in [6.45, 7) is 2.30. The minimum Gasteiger partial charge on any atom is -0.488 e. The first-order valence-corrected chi connectivity index (χ1v) is 11.1. The Bertz CT molecular complexity index is 1190. The number of nitrogens with one attached hydrogen (secondary N) is 1. The molecule has 0 unspecified atom stereocenters. The van der Waals surface area contributed by atoms with Crippen LogP contribution >= 0.6 is 45.8 Å². The number of benzene rings is 3. The van der Waals surface area contributed by atoms with E-state index in [1.165, 1.54) is 0 Å². The van der Waals surface area contributed by atoms with Crippen molar-refractivity contribution in [2.24, 2.45) is 0 Å². The molecule has 7 heteroatoms. The van der Waals surface area contributed by atoms with Crippen molar-refractivity contribution >= 4 is 63.5 Å². The van der Waals surface area contributed by atoms with Crippen molar-refractivity contribution in [1.82, 2.24) is 0 Å². The average molecular weight is 563 g/mol. The first-order valence-electron chi connectivity index (χ1n) is 9.22. The lowest BCUT2D eigenvalue weighted by molar-refractivity contribution is -0.112. The van der Waals surface area contributed by atoms with Crippen LogP contribution in [-0.4, -0.2) is 5.91 Å². The van der Waals surface area contributed by atoms with Crippen molar-refractivity contribution in [2.45, 2.75) is 13.5 Å². The van der Waals surface area contributed by atoms with Gasteiger partial charge in [0.25, 0.3) is 5.91 Å². The van der Waals surface area contributed by atoms with Crippen LogP contribution in [-0.2, 0) is 11.4 Å². The van der Waals surface area contributed by atoms with Gasteiger partial charge >= 0.3 is 0 Å². The maximum Gasteiger partial charge on any atom is 0.266 e. The maximum atomic E-state index is 12.4. The molecule has 156 valence electrons. The molecule has 3 aromatic carbocycles. The Hall–Kier alpha value is -2.53. The summed E-state index contributed by atoms with van der Waals surface area (Å²) < 4.78 is 6.72. The third-order valence-corrected chi connectivity index (χ3v) is 5.90. The van der Waals surface area contributed by atoms with Crippen LogP contribution in [0.3, 0.4) is 0 Å². The number of anilines is 1. The number of ether oxygens (including phenoxy) is 1. The second-order valence-electron chi connectivity index (χ2n) is 6.72. The molecule has 31 heavy (non-hydrogen) atoms. The fourth-order valence-electron chi connectivity index (χ4n) is 2.67. The average Bonchev–Trinajstić information content (AvgIpc) is 2.75. The van der Waals surface area contributed by atoms with E-state index < -0.39 is 5.91 Å². The smallest absolute Gasteiger partial charge is 0.266 e. The van der Waals surface area contributed by atoms with E-state index in [9.17, 15) is 10.1 Å². The van der Waals surface area contributed by atoms with E-state index in [-0.39, 0.29) is 5.57 Å². The summed E-state index contributed by atoms with van der Waals surface area (Å²) in [6.07, 6.45) is 1.55. The molecule has 0 spiro atoms. The topological polar surface area (TPSA) is 62.1 Å². The van der Waals surface area contributed by atoms with Crippen LogP contribution in [0, 0.1) is 21.8 Å². The lowest BCUT2D eigenvalue weighted by Gasteiger charge is -2.10. The Morgan fingerprint density at radius 3 is 2.48 bits per heavy atom. The molecule has 0 saturated heterocycles. The van der Waals surface area contributed by atoms with Crippen molar-refractivity contribution in [2.75, 3.05) is 5.32 Å². The van der Waals surface area contributed by atoms with Crippen molar-refractivity contribution < 1.29 is 9.53 Å². The highest BCUT2D eigenvalue weighted by atomic mass is 127. The summed E-state index contributed by atoms with van der Waals surface area (Å²) in [5.41, 5.74) is 3.36. The second-order valence-corrected chi connectivity index (χ2v) is 8.69. The number of carbonyl (C=O) groups is 1. The molecule has 3 aromatic rings. The summed E-state index contributed by atoms with van der Waals surface area (Å²) in [7, 11) is 0. The molecule has 4 nitrogen and oxygen atoms in total. The highest BCUT2D eigenvalue weighted by Crippen LogP contribution is 2.26. The quantitative estimate of drug-likeness (QED) is 0.199. The minimum atomic E-state index is -0.457. The minimum absolute atomic E-state index is 0.0147. The Morgan fingerprint density at radius 1 is 1.10 bits per heavy atom. The zero-order valence-corrected chi connectivity index (χ0v) is 20.1. The van der Waals surface area contributed by atoms with Crippen molar-refractivity contribution in [3.8, 4) is 11.8 Å². The van der Waals surface area contributed by atoms with Gasteiger partial charge in [0, 0.05) is 5.69 Å². The van der Waals surface area contributed by atoms with E-state index in [4.69, 9.17) is 27.9 Å². The van der Waals surface area contributed by atoms with Gasteiger partial charge in [0.2, 0.25) is 0 Å². The molecule has 0 heterocycles. The molecule has 3 rings (SSSR count). The molecular weight excluding hydrogens is 546 g/mol. The van der Waals surface area contributed by atoms with Gasteiger partial charge in [-0.05, 0) is 83.1 Å². The number of hydrogen-bond acceptors (Lipinski definition) is 3. The third-order valence-electron chi connectivity index (χ3n) is 4.32. The van der Waals surface area contributed by atoms with Gasteiger partial charge in [-0.2, -0.15) is 5.26 Å². The van der Waals surface area contributed by atoms with Gasteiger partial charge in [0.1, 0.15) is 24.0 Å². The molecule has 0 aliphatic heterocycles. The fraction of sp³-hybridized carbons (Fsp3) is 0.0833. The first kappa shape index (κ1) is 23.1. The summed E-state index contributed by atoms with van der Waals surface area (Å²) in [6, 6.07) is 20.1. The standard InChI is InChI=1S/C24H17Cl2IN2O2/c1-15-2-6-19(7-3-15)29-24(30)18(13-28)10-16-5-9-23(22(27)12-16)31-14-17-4-8-20(25)21(26)11-17/h2-12H,14H2,1H3,(H,29,30)/b18-10+. The summed E-state index contributed by atoms with van der Waals surface area (Å²) in [5.74, 6) is 0.229. The molecule has 0 radical (unpaired) electrons. The van der Waals surface area contributed by atoms with E-state index in [0.29, 0.717) is 28.1 Å². The van der Waals surface area contributed by atoms with Crippen LogP contribution in [0.2, 0.25) is 10.0 Å². The highest BCUT2D eigenvalue weighted by Gasteiger charge is 2.11. The number of halogens is 3. The first-order chi connectivity index (χ1) is 14.9. The van der Waals surface area contributed by atoms with Gasteiger partial charge in [0.15, 0.2) is 0 Å². The Labute approximate surface area is 204 Å². The summed E-state index contributed by atoms with van der Waals surface area (Å²) in [4.78, 5) is 12.4. The number of amides is 1. The monoisotopic (exact) mass is 562 g/mol. The molecule has 0 aliphatic carbocycles. The van der Waals surface area contributed by atoms with Crippen LogP contribution in [0.25, 0.3) is 6.08 Å². The number of carbonyl (C=O) groups excluding carboxylic acids is 1. The zero-order chi connectivity index (χ0) is 22.4. The molecule has 1 N–H and O–H groups in total. The lowest BCUT2D eigenvalue weighted by Crippen LogP contribution is -2.13. The van der Waals surface area contributed by atoms with Crippen LogP contribution in [0.4, 0.5) is 5.69 Å². The molecule has 0 atom stereocenters. The Balaban J connectivity index is 1.70. The van der Waals surface area contributed by atoms with Crippen molar-refractivity contribution in [3.63, 3.8) is 0 Å². The Morgan fingerprint density at radius 2 is 1.84 bits per heavy atom. The molecule has 0 fully saturated rings. The van der Waals surface area contributed by atoms with Crippen molar-refractivity contribution in [3.05, 3.63) is 96.5 Å². The second kappa shape index (κ2) is 10.7. The summed E-state index contributed by atoms with van der Waals surface area (Å²) >= 11 is 14.1. The number of nitrogens with zero attached hydrogens (tertiary/aromatic N) is 1. The van der Waals surface area contributed by atoms with E-state index in [2.05, 4.69) is 27.9 Å². The SMILES string of the molecule is Cc1ccc(NC(=O)/C(C#N)=C/c2ccc(OCc3ccc(Cl)c(Cl)c3)c(I)c2)cc1. The van der Waals surface area contributed by atoms with Gasteiger partial charge in [0.05, 0.1) is 13.6 Å². The number of aryl methyl sites for hydroxylation is 1. The van der Waals surface area contributed by atoms with Gasteiger partial charge in [-0.1, -0.05) is 53.0 Å². The van der Waals surface area contributed by atoms with E-state index in [1.54, 1.807) is 42.5 Å². The number of hydrogen-bond donors (Lipinski definition) is 1. The van der Waals surface area contributed by atoms with E-state index >= 15 is 0 Å². The van der Waals surface area contributed by atoms with Crippen LogP contribution in [0.15, 0.2) is 66.2 Å².